The number of benzene rings is 1. The van der Waals surface area contributed by atoms with E-state index in [0.717, 1.165) is 47.3 Å². The van der Waals surface area contributed by atoms with Crippen molar-refractivity contribution in [2.45, 2.75) is 38.1 Å². The number of carbonyl (C=O) groups excluding carboxylic acids is 1. The first-order valence-corrected chi connectivity index (χ1v) is 8.96. The second-order valence-electron chi connectivity index (χ2n) is 6.06. The van der Waals surface area contributed by atoms with Crippen LogP contribution in [0.1, 0.15) is 47.3 Å². The number of rotatable bonds is 5. The molecule has 1 aromatic carbocycles. The fourth-order valence-corrected chi connectivity index (χ4v) is 3.90. The van der Waals surface area contributed by atoms with Crippen molar-refractivity contribution in [2.75, 3.05) is 18.9 Å². The summed E-state index contributed by atoms with van der Waals surface area (Å²) >= 11 is 1.59. The molecule has 1 aliphatic heterocycles. The molecule has 7 heteroatoms. The summed E-state index contributed by atoms with van der Waals surface area (Å²) < 4.78 is 5.41. The molecule has 0 bridgehead atoms. The van der Waals surface area contributed by atoms with Crippen LogP contribution >= 0.6 is 11.3 Å². The Balaban J connectivity index is 1.76. The summed E-state index contributed by atoms with van der Waals surface area (Å²) in [4.78, 5) is 11.6. The number of carbonyl (C=O) groups is 1. The van der Waals surface area contributed by atoms with E-state index in [1.807, 2.05) is 24.3 Å². The number of nitrogens with two attached hydrogens (primary N) is 1. The molecule has 1 aliphatic rings. The third-order valence-corrected chi connectivity index (χ3v) is 5.32. The van der Waals surface area contributed by atoms with Gasteiger partial charge < -0.3 is 15.8 Å². The van der Waals surface area contributed by atoms with E-state index in [9.17, 15) is 4.79 Å². The summed E-state index contributed by atoms with van der Waals surface area (Å²) in [5, 5.41) is 13.6. The Bertz CT molecular complexity index is 680. The number of aromatic nitrogens is 2. The molecule has 0 radical (unpaired) electrons. The van der Waals surface area contributed by atoms with Crippen LogP contribution in [-0.2, 0) is 16.0 Å². The molecular weight excluding hydrogens is 324 g/mol. The lowest BCUT2D eigenvalue weighted by atomic mass is 10.0. The fourth-order valence-electron chi connectivity index (χ4n) is 2.83. The molecule has 1 saturated heterocycles. The highest BCUT2D eigenvalue weighted by atomic mass is 32.1. The predicted octanol–water partition coefficient (Wildman–Crippen LogP) is 2.43. The number of nitrogens with one attached hydrogen (secondary N) is 1. The van der Waals surface area contributed by atoms with Gasteiger partial charge in [0.15, 0.2) is 0 Å². The van der Waals surface area contributed by atoms with E-state index in [1.165, 1.54) is 6.92 Å². The zero-order valence-corrected chi connectivity index (χ0v) is 14.5. The highest BCUT2D eigenvalue weighted by Gasteiger charge is 2.23. The van der Waals surface area contributed by atoms with Gasteiger partial charge in [-0.15, -0.1) is 10.2 Å². The Kier molecular flexibility index (Phi) is 5.42. The Morgan fingerprint density at radius 2 is 2.04 bits per heavy atom. The number of ether oxygens (including phenoxy) is 1. The molecule has 0 aliphatic carbocycles. The van der Waals surface area contributed by atoms with Gasteiger partial charge in [-0.25, -0.2) is 0 Å². The number of hydrogen-bond donors (Lipinski definition) is 2. The summed E-state index contributed by atoms with van der Waals surface area (Å²) in [6, 6.07) is 7.52. The molecule has 1 atom stereocenters. The molecule has 2 aromatic rings. The second-order valence-corrected chi connectivity index (χ2v) is 7.10. The lowest BCUT2D eigenvalue weighted by Gasteiger charge is -2.19. The Morgan fingerprint density at radius 1 is 1.33 bits per heavy atom. The van der Waals surface area contributed by atoms with E-state index >= 15 is 0 Å². The number of nitrogen functional groups attached to an aromatic ring is 1. The van der Waals surface area contributed by atoms with Crippen LogP contribution in [0.25, 0.3) is 0 Å². The largest absolute Gasteiger partial charge is 0.399 e. The standard InChI is InChI=1S/C17H22N4O2S/c1-11(22)19-15(10-12-2-4-14(18)5-3-12)17-21-20-16(24-17)13-6-8-23-9-7-13/h2-5,13,15H,6-10,18H2,1H3,(H,19,22). The maximum absolute atomic E-state index is 11.6. The minimum absolute atomic E-state index is 0.0711. The highest BCUT2D eigenvalue weighted by molar-refractivity contribution is 7.11. The van der Waals surface area contributed by atoms with Gasteiger partial charge in [0.2, 0.25) is 5.91 Å². The van der Waals surface area contributed by atoms with E-state index in [4.69, 9.17) is 10.5 Å². The Hall–Kier alpha value is -1.99. The first-order valence-electron chi connectivity index (χ1n) is 8.14. The Labute approximate surface area is 145 Å². The van der Waals surface area contributed by atoms with Crippen LogP contribution < -0.4 is 11.1 Å². The topological polar surface area (TPSA) is 90.1 Å². The molecule has 3 rings (SSSR count). The zero-order valence-electron chi connectivity index (χ0n) is 13.7. The number of anilines is 1. The molecule has 0 spiro atoms. The van der Waals surface area contributed by atoms with E-state index in [1.54, 1.807) is 11.3 Å². The first kappa shape index (κ1) is 16.9. The monoisotopic (exact) mass is 346 g/mol. The molecule has 0 saturated carbocycles. The fraction of sp³-hybridized carbons (Fsp3) is 0.471. The van der Waals surface area contributed by atoms with E-state index in [0.29, 0.717) is 12.3 Å². The van der Waals surface area contributed by atoms with Crippen LogP contribution in [0, 0.1) is 0 Å². The van der Waals surface area contributed by atoms with Gasteiger partial charge in [-0.1, -0.05) is 23.5 Å². The van der Waals surface area contributed by atoms with E-state index in [2.05, 4.69) is 15.5 Å². The average molecular weight is 346 g/mol. The minimum Gasteiger partial charge on any atom is -0.399 e. The van der Waals surface area contributed by atoms with Gasteiger partial charge in [-0.3, -0.25) is 4.79 Å². The van der Waals surface area contributed by atoms with Crippen molar-refractivity contribution in [3.05, 3.63) is 39.8 Å². The molecule has 3 N–H and O–H groups in total. The van der Waals surface area contributed by atoms with Crippen molar-refractivity contribution >= 4 is 22.9 Å². The summed E-state index contributed by atoms with van der Waals surface area (Å²) in [6.45, 7) is 3.08. The summed E-state index contributed by atoms with van der Waals surface area (Å²) in [7, 11) is 0. The maximum atomic E-state index is 11.6. The van der Waals surface area contributed by atoms with E-state index in [-0.39, 0.29) is 11.9 Å². The molecule has 1 unspecified atom stereocenters. The van der Waals surface area contributed by atoms with Crippen LogP contribution in [0.3, 0.4) is 0 Å². The molecule has 1 aromatic heterocycles. The number of nitrogens with zero attached hydrogens (tertiary/aromatic N) is 2. The van der Waals surface area contributed by atoms with Gasteiger partial charge in [0.1, 0.15) is 10.0 Å². The average Bonchev–Trinajstić information content (AvgIpc) is 3.07. The SMILES string of the molecule is CC(=O)NC(Cc1ccc(N)cc1)c1nnc(C2CCOCC2)s1. The van der Waals surface area contributed by atoms with Crippen molar-refractivity contribution in [3.63, 3.8) is 0 Å². The van der Waals surface area contributed by atoms with Crippen molar-refractivity contribution in [1.82, 2.24) is 15.5 Å². The van der Waals surface area contributed by atoms with E-state index < -0.39 is 0 Å². The molecular formula is C17H22N4O2S. The van der Waals surface area contributed by atoms with Gasteiger partial charge >= 0.3 is 0 Å². The van der Waals surface area contributed by atoms with Gasteiger partial charge in [-0.05, 0) is 37.0 Å². The summed E-state index contributed by atoms with van der Waals surface area (Å²) in [5.74, 6) is 0.345. The maximum Gasteiger partial charge on any atom is 0.217 e. The number of amides is 1. The zero-order chi connectivity index (χ0) is 16.9. The van der Waals surface area contributed by atoms with Crippen molar-refractivity contribution in [3.8, 4) is 0 Å². The lowest BCUT2D eigenvalue weighted by Crippen LogP contribution is -2.27. The van der Waals surface area contributed by atoms with Gasteiger partial charge in [-0.2, -0.15) is 0 Å². The molecule has 1 fully saturated rings. The summed E-state index contributed by atoms with van der Waals surface area (Å²) in [5.41, 5.74) is 7.57. The second kappa shape index (κ2) is 7.72. The smallest absolute Gasteiger partial charge is 0.217 e. The summed E-state index contributed by atoms with van der Waals surface area (Å²) in [6.07, 6.45) is 2.64. The quantitative estimate of drug-likeness (QED) is 0.812. The normalized spacial score (nSPS) is 16.7. The molecule has 1 amide bonds. The third-order valence-electron chi connectivity index (χ3n) is 4.12. The third kappa shape index (κ3) is 4.30. The molecule has 2 heterocycles. The van der Waals surface area contributed by atoms with Crippen molar-refractivity contribution in [2.24, 2.45) is 0 Å². The van der Waals surface area contributed by atoms with Crippen LogP contribution in [0.15, 0.2) is 24.3 Å². The van der Waals surface area contributed by atoms with Crippen LogP contribution in [0.4, 0.5) is 5.69 Å². The van der Waals surface area contributed by atoms with Gasteiger partial charge in [0.25, 0.3) is 0 Å². The first-order chi connectivity index (χ1) is 11.6. The Morgan fingerprint density at radius 3 is 2.71 bits per heavy atom. The van der Waals surface area contributed by atoms with Gasteiger partial charge in [0, 0.05) is 31.7 Å². The van der Waals surface area contributed by atoms with Gasteiger partial charge in [0.05, 0.1) is 6.04 Å². The number of hydrogen-bond acceptors (Lipinski definition) is 6. The predicted molar refractivity (Wildman–Crippen MR) is 93.8 cm³/mol. The lowest BCUT2D eigenvalue weighted by molar-refractivity contribution is -0.119. The van der Waals surface area contributed by atoms with Crippen LogP contribution in [0.2, 0.25) is 0 Å². The molecule has 128 valence electrons. The van der Waals surface area contributed by atoms with Crippen LogP contribution in [0.5, 0.6) is 0 Å². The van der Waals surface area contributed by atoms with Crippen molar-refractivity contribution < 1.29 is 9.53 Å². The highest BCUT2D eigenvalue weighted by Crippen LogP contribution is 2.31. The molecule has 6 nitrogen and oxygen atoms in total. The minimum atomic E-state index is -0.169. The van der Waals surface area contributed by atoms with Crippen LogP contribution in [-0.4, -0.2) is 29.3 Å². The molecule has 24 heavy (non-hydrogen) atoms. The van der Waals surface area contributed by atoms with Crippen molar-refractivity contribution in [1.29, 1.82) is 0 Å².